The van der Waals surface area contributed by atoms with Crippen LogP contribution in [0.15, 0.2) is 30.3 Å². The molecule has 1 aromatic rings. The molecular formula is C12H16N2O. The van der Waals surface area contributed by atoms with Gasteiger partial charge in [0, 0.05) is 25.2 Å². The van der Waals surface area contributed by atoms with Crippen molar-refractivity contribution in [2.45, 2.75) is 12.8 Å². The van der Waals surface area contributed by atoms with E-state index in [1.165, 1.54) is 5.69 Å². The Hall–Kier alpha value is -1.51. The number of carbonyl (C=O) groups excluding carboxylic acids is 1. The highest BCUT2D eigenvalue weighted by Gasteiger charge is 2.23. The van der Waals surface area contributed by atoms with E-state index < -0.39 is 0 Å². The van der Waals surface area contributed by atoms with Crippen LogP contribution < -0.4 is 10.6 Å². The van der Waals surface area contributed by atoms with Gasteiger partial charge in [-0.3, -0.25) is 4.79 Å². The minimum absolute atomic E-state index is 0.185. The number of benzene rings is 1. The minimum Gasteiger partial charge on any atom is -0.371 e. The van der Waals surface area contributed by atoms with E-state index in [9.17, 15) is 4.79 Å². The Balaban J connectivity index is 1.96. The molecule has 0 bridgehead atoms. The topological polar surface area (TPSA) is 46.3 Å². The predicted octanol–water partition coefficient (Wildman–Crippen LogP) is 1.39. The molecule has 1 unspecified atom stereocenters. The Morgan fingerprint density at radius 1 is 1.40 bits per heavy atom. The maximum Gasteiger partial charge on any atom is 0.217 e. The van der Waals surface area contributed by atoms with Crippen LogP contribution in [0.2, 0.25) is 0 Å². The number of anilines is 1. The fraction of sp³-hybridized carbons (Fsp3) is 0.417. The first-order chi connectivity index (χ1) is 7.25. The van der Waals surface area contributed by atoms with Gasteiger partial charge < -0.3 is 10.6 Å². The van der Waals surface area contributed by atoms with Crippen LogP contribution in [0.25, 0.3) is 0 Å². The number of primary amides is 1. The summed E-state index contributed by atoms with van der Waals surface area (Å²) in [6.45, 7) is 1.98. The van der Waals surface area contributed by atoms with E-state index >= 15 is 0 Å². The van der Waals surface area contributed by atoms with Crippen molar-refractivity contribution in [3.63, 3.8) is 0 Å². The van der Waals surface area contributed by atoms with Crippen molar-refractivity contribution in [1.82, 2.24) is 0 Å². The van der Waals surface area contributed by atoms with Crippen LogP contribution in [0.3, 0.4) is 0 Å². The van der Waals surface area contributed by atoms with Crippen molar-refractivity contribution < 1.29 is 4.79 Å². The van der Waals surface area contributed by atoms with Crippen molar-refractivity contribution in [2.75, 3.05) is 18.0 Å². The van der Waals surface area contributed by atoms with Gasteiger partial charge in [-0.25, -0.2) is 0 Å². The third kappa shape index (κ3) is 2.49. The summed E-state index contributed by atoms with van der Waals surface area (Å²) in [6.07, 6.45) is 1.58. The zero-order valence-electron chi connectivity index (χ0n) is 8.73. The molecule has 1 atom stereocenters. The van der Waals surface area contributed by atoms with Crippen LogP contribution in [0.4, 0.5) is 5.69 Å². The summed E-state index contributed by atoms with van der Waals surface area (Å²) in [4.78, 5) is 13.1. The molecular weight excluding hydrogens is 188 g/mol. The Bertz CT molecular complexity index is 337. The second-order valence-electron chi connectivity index (χ2n) is 4.11. The molecule has 1 aliphatic rings. The summed E-state index contributed by atoms with van der Waals surface area (Å²) in [5, 5.41) is 0. The van der Waals surface area contributed by atoms with Crippen LogP contribution >= 0.6 is 0 Å². The van der Waals surface area contributed by atoms with Crippen molar-refractivity contribution >= 4 is 11.6 Å². The van der Waals surface area contributed by atoms with Crippen LogP contribution in [0.1, 0.15) is 12.8 Å². The standard InChI is InChI=1S/C12H16N2O/c13-12(15)8-10-6-7-14(9-10)11-4-2-1-3-5-11/h1-5,10H,6-9H2,(H2,13,15). The van der Waals surface area contributed by atoms with Gasteiger partial charge in [-0.1, -0.05) is 18.2 Å². The summed E-state index contributed by atoms with van der Waals surface area (Å²) in [5.41, 5.74) is 6.44. The monoisotopic (exact) mass is 204 g/mol. The molecule has 0 spiro atoms. The highest BCUT2D eigenvalue weighted by Crippen LogP contribution is 2.24. The van der Waals surface area contributed by atoms with Gasteiger partial charge in [-0.05, 0) is 24.5 Å². The second kappa shape index (κ2) is 4.34. The molecule has 0 aliphatic carbocycles. The first-order valence-corrected chi connectivity index (χ1v) is 5.34. The fourth-order valence-electron chi connectivity index (χ4n) is 2.16. The zero-order valence-corrected chi connectivity index (χ0v) is 8.73. The number of hydrogen-bond acceptors (Lipinski definition) is 2. The first-order valence-electron chi connectivity index (χ1n) is 5.34. The second-order valence-corrected chi connectivity index (χ2v) is 4.11. The van der Waals surface area contributed by atoms with E-state index in [1.54, 1.807) is 0 Å². The van der Waals surface area contributed by atoms with Gasteiger partial charge in [-0.15, -0.1) is 0 Å². The van der Waals surface area contributed by atoms with Crippen molar-refractivity contribution in [3.05, 3.63) is 30.3 Å². The van der Waals surface area contributed by atoms with Gasteiger partial charge >= 0.3 is 0 Å². The molecule has 1 amide bonds. The smallest absolute Gasteiger partial charge is 0.217 e. The van der Waals surface area contributed by atoms with Crippen LogP contribution in [-0.2, 0) is 4.79 Å². The molecule has 2 rings (SSSR count). The van der Waals surface area contributed by atoms with E-state index in [-0.39, 0.29) is 5.91 Å². The number of nitrogens with two attached hydrogens (primary N) is 1. The average molecular weight is 204 g/mol. The molecule has 1 saturated heterocycles. The van der Waals surface area contributed by atoms with Crippen molar-refractivity contribution in [2.24, 2.45) is 11.7 Å². The van der Waals surface area contributed by atoms with Gasteiger partial charge in [0.2, 0.25) is 5.91 Å². The molecule has 1 aromatic carbocycles. The van der Waals surface area contributed by atoms with Gasteiger partial charge in [-0.2, -0.15) is 0 Å². The number of rotatable bonds is 3. The highest BCUT2D eigenvalue weighted by molar-refractivity contribution is 5.74. The summed E-state index contributed by atoms with van der Waals surface area (Å²) < 4.78 is 0. The lowest BCUT2D eigenvalue weighted by Crippen LogP contribution is -2.22. The minimum atomic E-state index is -0.185. The van der Waals surface area contributed by atoms with Gasteiger partial charge in [0.25, 0.3) is 0 Å². The molecule has 0 radical (unpaired) electrons. The van der Waals surface area contributed by atoms with E-state index in [2.05, 4.69) is 17.0 Å². The number of amides is 1. The Kier molecular flexibility index (Phi) is 2.90. The molecule has 80 valence electrons. The Morgan fingerprint density at radius 2 is 2.13 bits per heavy atom. The van der Waals surface area contributed by atoms with Crippen LogP contribution in [-0.4, -0.2) is 19.0 Å². The van der Waals surface area contributed by atoms with E-state index in [4.69, 9.17) is 5.73 Å². The van der Waals surface area contributed by atoms with E-state index in [0.717, 1.165) is 19.5 Å². The van der Waals surface area contributed by atoms with Crippen LogP contribution in [0.5, 0.6) is 0 Å². The summed E-state index contributed by atoms with van der Waals surface area (Å²) in [7, 11) is 0. The molecule has 15 heavy (non-hydrogen) atoms. The lowest BCUT2D eigenvalue weighted by molar-refractivity contribution is -0.118. The molecule has 2 N–H and O–H groups in total. The molecule has 1 fully saturated rings. The Labute approximate surface area is 89.9 Å². The molecule has 0 saturated carbocycles. The third-order valence-electron chi connectivity index (χ3n) is 2.90. The summed E-state index contributed by atoms with van der Waals surface area (Å²) in [6, 6.07) is 10.3. The number of carbonyl (C=O) groups is 1. The number of nitrogens with zero attached hydrogens (tertiary/aromatic N) is 1. The maximum atomic E-state index is 10.8. The van der Waals surface area contributed by atoms with Gasteiger partial charge in [0.15, 0.2) is 0 Å². The lowest BCUT2D eigenvalue weighted by atomic mass is 10.1. The zero-order chi connectivity index (χ0) is 10.7. The predicted molar refractivity (Wildman–Crippen MR) is 60.6 cm³/mol. The number of para-hydroxylation sites is 1. The Morgan fingerprint density at radius 3 is 2.80 bits per heavy atom. The van der Waals surface area contributed by atoms with Gasteiger partial charge in [0.05, 0.1) is 0 Å². The normalized spacial score (nSPS) is 20.5. The van der Waals surface area contributed by atoms with Gasteiger partial charge in [0.1, 0.15) is 0 Å². The molecule has 1 aliphatic heterocycles. The van der Waals surface area contributed by atoms with Crippen molar-refractivity contribution in [1.29, 1.82) is 0 Å². The summed E-state index contributed by atoms with van der Waals surface area (Å²) >= 11 is 0. The first kappa shape index (κ1) is 10.0. The highest BCUT2D eigenvalue weighted by atomic mass is 16.1. The molecule has 1 heterocycles. The quantitative estimate of drug-likeness (QED) is 0.808. The van der Waals surface area contributed by atoms with E-state index in [1.807, 2.05) is 18.2 Å². The maximum absolute atomic E-state index is 10.8. The summed E-state index contributed by atoms with van der Waals surface area (Å²) in [5.74, 6) is 0.248. The van der Waals surface area contributed by atoms with Crippen molar-refractivity contribution in [3.8, 4) is 0 Å². The average Bonchev–Trinajstić information content (AvgIpc) is 2.67. The molecule has 3 nitrogen and oxygen atoms in total. The molecule has 0 aromatic heterocycles. The molecule has 3 heteroatoms. The third-order valence-corrected chi connectivity index (χ3v) is 2.90. The lowest BCUT2D eigenvalue weighted by Gasteiger charge is -2.18. The fourth-order valence-corrected chi connectivity index (χ4v) is 2.16. The largest absolute Gasteiger partial charge is 0.371 e. The SMILES string of the molecule is NC(=O)CC1CCN(c2ccccc2)C1. The van der Waals surface area contributed by atoms with Crippen LogP contribution in [0, 0.1) is 5.92 Å². The number of hydrogen-bond donors (Lipinski definition) is 1. The van der Waals surface area contributed by atoms with E-state index in [0.29, 0.717) is 12.3 Å².